The Hall–Kier alpha value is -1.49. The van der Waals surface area contributed by atoms with Gasteiger partial charge in [-0.25, -0.2) is 4.98 Å². The van der Waals surface area contributed by atoms with Gasteiger partial charge < -0.3 is 14.6 Å². The van der Waals surface area contributed by atoms with E-state index in [0.717, 1.165) is 34.7 Å². The SMILES string of the molecule is CCn1cncc1CNc1cc(Br)ccc1OC. The van der Waals surface area contributed by atoms with E-state index in [1.807, 2.05) is 30.7 Å². The predicted molar refractivity (Wildman–Crippen MR) is 75.9 cm³/mol. The van der Waals surface area contributed by atoms with Crippen LogP contribution in [0.1, 0.15) is 12.6 Å². The molecular formula is C13H16BrN3O. The highest BCUT2D eigenvalue weighted by atomic mass is 79.9. The Bertz CT molecular complexity index is 525. The second-order valence-electron chi connectivity index (χ2n) is 3.87. The fraction of sp³-hybridized carbons (Fsp3) is 0.308. The van der Waals surface area contributed by atoms with Crippen LogP contribution < -0.4 is 10.1 Å². The summed E-state index contributed by atoms with van der Waals surface area (Å²) in [5.74, 6) is 0.834. The fourth-order valence-electron chi connectivity index (χ4n) is 1.78. The van der Waals surface area contributed by atoms with E-state index in [1.54, 1.807) is 7.11 Å². The van der Waals surface area contributed by atoms with E-state index in [-0.39, 0.29) is 0 Å². The van der Waals surface area contributed by atoms with E-state index in [4.69, 9.17) is 4.74 Å². The molecule has 0 aliphatic carbocycles. The first-order chi connectivity index (χ1) is 8.74. The summed E-state index contributed by atoms with van der Waals surface area (Å²) in [6.45, 7) is 3.75. The Kier molecular flexibility index (Phi) is 4.25. The number of nitrogens with zero attached hydrogens (tertiary/aromatic N) is 2. The summed E-state index contributed by atoms with van der Waals surface area (Å²) in [5.41, 5.74) is 2.12. The van der Waals surface area contributed by atoms with Crippen LogP contribution in [0.3, 0.4) is 0 Å². The first-order valence-electron chi connectivity index (χ1n) is 5.81. The molecule has 0 saturated carbocycles. The fourth-order valence-corrected chi connectivity index (χ4v) is 2.15. The maximum Gasteiger partial charge on any atom is 0.142 e. The predicted octanol–water partition coefficient (Wildman–Crippen LogP) is 3.29. The van der Waals surface area contributed by atoms with E-state index < -0.39 is 0 Å². The first-order valence-corrected chi connectivity index (χ1v) is 6.60. The molecule has 0 amide bonds. The number of ether oxygens (including phenoxy) is 1. The summed E-state index contributed by atoms with van der Waals surface area (Å²) in [4.78, 5) is 4.15. The van der Waals surface area contributed by atoms with Crippen molar-refractivity contribution in [2.24, 2.45) is 0 Å². The summed E-state index contributed by atoms with van der Waals surface area (Å²) < 4.78 is 8.45. The third kappa shape index (κ3) is 2.85. The van der Waals surface area contributed by atoms with Gasteiger partial charge in [-0.2, -0.15) is 0 Å². The van der Waals surface area contributed by atoms with Gasteiger partial charge in [-0.1, -0.05) is 15.9 Å². The van der Waals surface area contributed by atoms with Crippen LogP contribution in [0.2, 0.25) is 0 Å². The molecular weight excluding hydrogens is 294 g/mol. The molecule has 4 nitrogen and oxygen atoms in total. The van der Waals surface area contributed by atoms with E-state index >= 15 is 0 Å². The zero-order chi connectivity index (χ0) is 13.0. The molecule has 0 spiro atoms. The van der Waals surface area contributed by atoms with Crippen molar-refractivity contribution in [2.75, 3.05) is 12.4 Å². The molecule has 0 saturated heterocycles. The van der Waals surface area contributed by atoms with Crippen molar-refractivity contribution in [2.45, 2.75) is 20.0 Å². The number of rotatable bonds is 5. The van der Waals surface area contributed by atoms with Crippen molar-refractivity contribution < 1.29 is 4.74 Å². The van der Waals surface area contributed by atoms with Crippen LogP contribution in [-0.4, -0.2) is 16.7 Å². The monoisotopic (exact) mass is 309 g/mol. The molecule has 0 bridgehead atoms. The molecule has 18 heavy (non-hydrogen) atoms. The first kappa shape index (κ1) is 13.0. The van der Waals surface area contributed by atoms with Gasteiger partial charge >= 0.3 is 0 Å². The Morgan fingerprint density at radius 1 is 1.44 bits per heavy atom. The Labute approximate surface area is 115 Å². The summed E-state index contributed by atoms with van der Waals surface area (Å²) >= 11 is 3.46. The molecule has 2 aromatic rings. The number of anilines is 1. The number of imidazole rings is 1. The molecule has 0 aliphatic heterocycles. The summed E-state index contributed by atoms with van der Waals surface area (Å²) in [7, 11) is 1.67. The number of aromatic nitrogens is 2. The number of hydrogen-bond acceptors (Lipinski definition) is 3. The number of nitrogens with one attached hydrogen (secondary N) is 1. The Balaban J connectivity index is 2.12. The topological polar surface area (TPSA) is 39.1 Å². The van der Waals surface area contributed by atoms with Crippen LogP contribution in [-0.2, 0) is 13.1 Å². The minimum absolute atomic E-state index is 0.723. The highest BCUT2D eigenvalue weighted by molar-refractivity contribution is 9.10. The van der Waals surface area contributed by atoms with Gasteiger partial charge in [-0.3, -0.25) is 0 Å². The average molecular weight is 310 g/mol. The Morgan fingerprint density at radius 2 is 2.28 bits per heavy atom. The highest BCUT2D eigenvalue weighted by Gasteiger charge is 2.05. The molecule has 1 aromatic carbocycles. The van der Waals surface area contributed by atoms with Crippen molar-refractivity contribution in [3.63, 3.8) is 0 Å². The van der Waals surface area contributed by atoms with E-state index in [9.17, 15) is 0 Å². The lowest BCUT2D eigenvalue weighted by atomic mass is 10.3. The van der Waals surface area contributed by atoms with Crippen LogP contribution in [0.5, 0.6) is 5.75 Å². The summed E-state index contributed by atoms with van der Waals surface area (Å²) in [6, 6.07) is 5.90. The van der Waals surface area contributed by atoms with Crippen molar-refractivity contribution in [3.8, 4) is 5.75 Å². The third-order valence-corrected chi connectivity index (χ3v) is 3.25. The molecule has 0 atom stereocenters. The third-order valence-electron chi connectivity index (χ3n) is 2.76. The summed E-state index contributed by atoms with van der Waals surface area (Å²) in [5, 5.41) is 3.37. The number of halogens is 1. The molecule has 0 aliphatic rings. The molecule has 1 heterocycles. The van der Waals surface area contributed by atoms with Gasteiger partial charge in [0, 0.05) is 17.2 Å². The zero-order valence-electron chi connectivity index (χ0n) is 10.5. The number of aryl methyl sites for hydroxylation is 1. The molecule has 1 aromatic heterocycles. The van der Waals surface area contributed by atoms with Crippen LogP contribution in [0.25, 0.3) is 0 Å². The number of methoxy groups -OCH3 is 1. The molecule has 0 fully saturated rings. The lowest BCUT2D eigenvalue weighted by molar-refractivity contribution is 0.416. The van der Waals surface area contributed by atoms with E-state index in [1.165, 1.54) is 0 Å². The number of benzene rings is 1. The lowest BCUT2D eigenvalue weighted by Gasteiger charge is -2.12. The normalized spacial score (nSPS) is 10.4. The molecule has 2 rings (SSSR count). The summed E-state index contributed by atoms with van der Waals surface area (Å²) in [6.07, 6.45) is 3.72. The quantitative estimate of drug-likeness (QED) is 0.921. The Morgan fingerprint density at radius 3 is 3.00 bits per heavy atom. The van der Waals surface area contributed by atoms with E-state index in [0.29, 0.717) is 0 Å². The second-order valence-corrected chi connectivity index (χ2v) is 4.78. The van der Waals surface area contributed by atoms with Gasteiger partial charge in [0.15, 0.2) is 0 Å². The molecule has 1 N–H and O–H groups in total. The van der Waals surface area contributed by atoms with Gasteiger partial charge in [0.2, 0.25) is 0 Å². The smallest absolute Gasteiger partial charge is 0.142 e. The maximum atomic E-state index is 5.32. The number of hydrogen-bond donors (Lipinski definition) is 1. The van der Waals surface area contributed by atoms with Crippen LogP contribution >= 0.6 is 15.9 Å². The minimum Gasteiger partial charge on any atom is -0.495 e. The van der Waals surface area contributed by atoms with Crippen molar-refractivity contribution >= 4 is 21.6 Å². The van der Waals surface area contributed by atoms with E-state index in [2.05, 4.69) is 37.7 Å². The molecule has 5 heteroatoms. The maximum absolute atomic E-state index is 5.32. The van der Waals surface area contributed by atoms with Gasteiger partial charge in [0.05, 0.1) is 31.4 Å². The van der Waals surface area contributed by atoms with Gasteiger partial charge in [0.25, 0.3) is 0 Å². The van der Waals surface area contributed by atoms with Gasteiger partial charge in [0.1, 0.15) is 5.75 Å². The minimum atomic E-state index is 0.723. The van der Waals surface area contributed by atoms with Crippen LogP contribution in [0, 0.1) is 0 Å². The highest BCUT2D eigenvalue weighted by Crippen LogP contribution is 2.28. The average Bonchev–Trinajstić information content (AvgIpc) is 2.84. The van der Waals surface area contributed by atoms with Crippen molar-refractivity contribution in [3.05, 3.63) is 40.9 Å². The van der Waals surface area contributed by atoms with Crippen LogP contribution in [0.15, 0.2) is 35.2 Å². The molecule has 0 radical (unpaired) electrons. The molecule has 0 unspecified atom stereocenters. The van der Waals surface area contributed by atoms with Crippen molar-refractivity contribution in [1.29, 1.82) is 0 Å². The van der Waals surface area contributed by atoms with Crippen molar-refractivity contribution in [1.82, 2.24) is 9.55 Å². The standard InChI is InChI=1S/C13H16BrN3O/c1-3-17-9-15-7-11(17)8-16-12-6-10(14)4-5-13(12)18-2/h4-7,9,16H,3,8H2,1-2H3. The van der Waals surface area contributed by atoms with Gasteiger partial charge in [-0.15, -0.1) is 0 Å². The second kappa shape index (κ2) is 5.91. The largest absolute Gasteiger partial charge is 0.495 e. The lowest BCUT2D eigenvalue weighted by Crippen LogP contribution is -2.06. The zero-order valence-corrected chi connectivity index (χ0v) is 12.1. The van der Waals surface area contributed by atoms with Crippen LogP contribution in [0.4, 0.5) is 5.69 Å². The van der Waals surface area contributed by atoms with Gasteiger partial charge in [-0.05, 0) is 25.1 Å². The molecule has 96 valence electrons.